The molecule has 0 saturated carbocycles. The van der Waals surface area contributed by atoms with Gasteiger partial charge in [-0.2, -0.15) is 0 Å². The molecule has 0 unspecified atom stereocenters. The lowest BCUT2D eigenvalue weighted by molar-refractivity contribution is -0.131. The molecule has 0 aromatic rings. The van der Waals surface area contributed by atoms with E-state index in [1.54, 1.807) is 6.08 Å². The Kier molecular flexibility index (Phi) is 3.18. The van der Waals surface area contributed by atoms with Gasteiger partial charge < -0.3 is 0 Å². The molecule has 118 valence electrons. The summed E-state index contributed by atoms with van der Waals surface area (Å²) in [5.74, 6) is 0.483. The van der Waals surface area contributed by atoms with E-state index in [4.69, 9.17) is 0 Å². The predicted octanol–water partition coefficient (Wildman–Crippen LogP) is 4.42. The van der Waals surface area contributed by atoms with Crippen LogP contribution in [0.3, 0.4) is 0 Å². The van der Waals surface area contributed by atoms with Crippen LogP contribution in [-0.4, -0.2) is 11.6 Å². The normalized spacial score (nSPS) is 40.3. The monoisotopic (exact) mass is 298 g/mol. The zero-order chi connectivity index (χ0) is 16.3. The smallest absolute Gasteiger partial charge is 0.161 e. The fourth-order valence-corrected chi connectivity index (χ4v) is 4.78. The Morgan fingerprint density at radius 1 is 1.23 bits per heavy atom. The summed E-state index contributed by atoms with van der Waals surface area (Å²) in [5, 5.41) is 0. The average molecular weight is 298 g/mol. The van der Waals surface area contributed by atoms with E-state index in [9.17, 15) is 9.59 Å². The highest BCUT2D eigenvalue weighted by molar-refractivity contribution is 6.01. The standard InChI is InChI=1S/C20H26O2/c1-6-19(4)9-7-14-13(12-19)15(21)11-16-18(2,3)17(22)8-10-20(14,16)5/h6,8,10,16H,1,7,9,11-12H2,2-5H3/t16-,19-,20+/m0/s1. The van der Waals surface area contributed by atoms with Crippen molar-refractivity contribution in [1.29, 1.82) is 0 Å². The van der Waals surface area contributed by atoms with E-state index >= 15 is 0 Å². The van der Waals surface area contributed by atoms with E-state index in [-0.39, 0.29) is 28.3 Å². The van der Waals surface area contributed by atoms with Crippen LogP contribution in [0, 0.1) is 22.2 Å². The Morgan fingerprint density at radius 3 is 2.55 bits per heavy atom. The molecule has 0 amide bonds. The van der Waals surface area contributed by atoms with Crippen molar-refractivity contribution in [2.24, 2.45) is 22.2 Å². The van der Waals surface area contributed by atoms with E-state index in [1.165, 1.54) is 5.57 Å². The Balaban J connectivity index is 2.15. The van der Waals surface area contributed by atoms with Gasteiger partial charge in [0.25, 0.3) is 0 Å². The number of rotatable bonds is 1. The van der Waals surface area contributed by atoms with Crippen LogP contribution in [0.1, 0.15) is 53.4 Å². The minimum absolute atomic E-state index is 0.0292. The van der Waals surface area contributed by atoms with Crippen molar-refractivity contribution < 1.29 is 9.59 Å². The van der Waals surface area contributed by atoms with Gasteiger partial charge in [-0.3, -0.25) is 9.59 Å². The second-order valence-corrected chi connectivity index (χ2v) is 8.37. The molecule has 0 bridgehead atoms. The molecule has 0 fully saturated rings. The molecule has 0 N–H and O–H groups in total. The fraction of sp³-hybridized carbons (Fsp3) is 0.600. The SMILES string of the molecule is C=C[C@@]1(C)CCC2=C(C1)C(=O)C[C@H]1C(C)(C)C(=O)C=C[C@]21C. The van der Waals surface area contributed by atoms with Gasteiger partial charge in [-0.1, -0.05) is 45.4 Å². The number of ketones is 2. The van der Waals surface area contributed by atoms with Gasteiger partial charge in [0.05, 0.1) is 0 Å². The number of carbonyl (C=O) groups excluding carboxylic acids is 2. The third-order valence-corrected chi connectivity index (χ3v) is 6.57. The van der Waals surface area contributed by atoms with Crippen molar-refractivity contribution in [3.8, 4) is 0 Å². The average Bonchev–Trinajstić information content (AvgIpc) is 2.47. The van der Waals surface area contributed by atoms with Crippen molar-refractivity contribution in [1.82, 2.24) is 0 Å². The highest BCUT2D eigenvalue weighted by Gasteiger charge is 2.55. The maximum atomic E-state index is 12.8. The molecule has 2 heteroatoms. The van der Waals surface area contributed by atoms with Crippen LogP contribution in [0.5, 0.6) is 0 Å². The first kappa shape index (κ1) is 15.5. The summed E-state index contributed by atoms with van der Waals surface area (Å²) in [6.45, 7) is 12.4. The molecular weight excluding hydrogens is 272 g/mol. The van der Waals surface area contributed by atoms with E-state index in [2.05, 4.69) is 26.5 Å². The summed E-state index contributed by atoms with van der Waals surface area (Å²) in [7, 11) is 0. The van der Waals surface area contributed by atoms with Gasteiger partial charge in [0.2, 0.25) is 0 Å². The van der Waals surface area contributed by atoms with Crippen molar-refractivity contribution in [3.05, 3.63) is 36.0 Å². The highest BCUT2D eigenvalue weighted by Crippen LogP contribution is 2.59. The molecule has 0 radical (unpaired) electrons. The van der Waals surface area contributed by atoms with E-state index < -0.39 is 5.41 Å². The van der Waals surface area contributed by atoms with E-state index in [0.29, 0.717) is 6.42 Å². The lowest BCUT2D eigenvalue weighted by Crippen LogP contribution is -2.50. The van der Waals surface area contributed by atoms with Gasteiger partial charge in [0, 0.05) is 17.3 Å². The molecule has 3 atom stereocenters. The molecule has 2 nitrogen and oxygen atoms in total. The molecule has 3 aliphatic rings. The topological polar surface area (TPSA) is 34.1 Å². The molecular formula is C20H26O2. The molecule has 22 heavy (non-hydrogen) atoms. The maximum Gasteiger partial charge on any atom is 0.161 e. The predicted molar refractivity (Wildman–Crippen MR) is 88.3 cm³/mol. The van der Waals surface area contributed by atoms with Crippen LogP contribution < -0.4 is 0 Å². The lowest BCUT2D eigenvalue weighted by Gasteiger charge is -2.53. The highest BCUT2D eigenvalue weighted by atomic mass is 16.1. The van der Waals surface area contributed by atoms with Gasteiger partial charge in [-0.25, -0.2) is 0 Å². The molecule has 0 saturated heterocycles. The van der Waals surface area contributed by atoms with Crippen molar-refractivity contribution >= 4 is 11.6 Å². The Bertz CT molecular complexity index is 634. The van der Waals surface area contributed by atoms with Crippen LogP contribution in [0.15, 0.2) is 36.0 Å². The number of carbonyl (C=O) groups is 2. The quantitative estimate of drug-likeness (QED) is 0.672. The van der Waals surface area contributed by atoms with E-state index in [1.807, 2.05) is 19.9 Å². The third kappa shape index (κ3) is 1.92. The molecule has 0 aromatic heterocycles. The van der Waals surface area contributed by atoms with Crippen molar-refractivity contribution in [3.63, 3.8) is 0 Å². The lowest BCUT2D eigenvalue weighted by atomic mass is 9.49. The summed E-state index contributed by atoms with van der Waals surface area (Å²) in [6, 6.07) is 0. The Labute approximate surface area is 133 Å². The second-order valence-electron chi connectivity index (χ2n) is 8.37. The second kappa shape index (κ2) is 4.53. The number of hydrogen-bond donors (Lipinski definition) is 0. The Hall–Kier alpha value is -1.44. The third-order valence-electron chi connectivity index (χ3n) is 6.57. The van der Waals surface area contributed by atoms with Crippen LogP contribution in [-0.2, 0) is 9.59 Å². The van der Waals surface area contributed by atoms with Gasteiger partial charge in [0.15, 0.2) is 11.6 Å². The zero-order valence-corrected chi connectivity index (χ0v) is 14.2. The van der Waals surface area contributed by atoms with Crippen LogP contribution in [0.4, 0.5) is 0 Å². The first-order valence-corrected chi connectivity index (χ1v) is 8.27. The molecule has 3 rings (SSSR count). The molecule has 0 aliphatic heterocycles. The summed E-state index contributed by atoms with van der Waals surface area (Å²) in [6.07, 6.45) is 9.09. The van der Waals surface area contributed by atoms with Crippen LogP contribution >= 0.6 is 0 Å². The zero-order valence-electron chi connectivity index (χ0n) is 14.2. The fourth-order valence-electron chi connectivity index (χ4n) is 4.78. The van der Waals surface area contributed by atoms with Gasteiger partial charge in [-0.15, -0.1) is 6.58 Å². The first-order valence-electron chi connectivity index (χ1n) is 8.27. The maximum absolute atomic E-state index is 12.8. The summed E-state index contributed by atoms with van der Waals surface area (Å²) in [5.41, 5.74) is 1.72. The Morgan fingerprint density at radius 2 is 1.91 bits per heavy atom. The number of Topliss-reactive ketones (excluding diaryl/α,β-unsaturated/α-hetero) is 1. The summed E-state index contributed by atoms with van der Waals surface area (Å²) < 4.78 is 0. The van der Waals surface area contributed by atoms with Gasteiger partial charge >= 0.3 is 0 Å². The summed E-state index contributed by atoms with van der Waals surface area (Å²) in [4.78, 5) is 25.1. The van der Waals surface area contributed by atoms with Crippen LogP contribution in [0.2, 0.25) is 0 Å². The largest absolute Gasteiger partial charge is 0.295 e. The molecule has 0 aromatic carbocycles. The van der Waals surface area contributed by atoms with E-state index in [0.717, 1.165) is 24.8 Å². The van der Waals surface area contributed by atoms with Gasteiger partial charge in [0.1, 0.15) is 0 Å². The van der Waals surface area contributed by atoms with Crippen molar-refractivity contribution in [2.45, 2.75) is 53.4 Å². The minimum Gasteiger partial charge on any atom is -0.295 e. The van der Waals surface area contributed by atoms with Gasteiger partial charge in [-0.05, 0) is 42.2 Å². The first-order chi connectivity index (χ1) is 10.1. The molecule has 0 spiro atoms. The molecule has 3 aliphatic carbocycles. The summed E-state index contributed by atoms with van der Waals surface area (Å²) >= 11 is 0. The number of hydrogen-bond acceptors (Lipinski definition) is 2. The number of allylic oxidation sites excluding steroid dienone is 5. The van der Waals surface area contributed by atoms with Crippen LogP contribution in [0.25, 0.3) is 0 Å². The molecule has 0 heterocycles. The van der Waals surface area contributed by atoms with Crippen molar-refractivity contribution in [2.75, 3.05) is 0 Å². The minimum atomic E-state index is -0.461. The number of fused-ring (bicyclic) bond motifs is 2.